The number of rotatable bonds is 6. The zero-order valence-corrected chi connectivity index (χ0v) is 17.9. The van der Waals surface area contributed by atoms with Gasteiger partial charge in [0.25, 0.3) is 5.56 Å². The second-order valence-electron chi connectivity index (χ2n) is 8.65. The van der Waals surface area contributed by atoms with E-state index in [-0.39, 0.29) is 22.8 Å². The highest BCUT2D eigenvalue weighted by atomic mass is 19.1. The Kier molecular flexibility index (Phi) is 5.65. The fourth-order valence-corrected chi connectivity index (χ4v) is 4.24. The Labute approximate surface area is 189 Å². The van der Waals surface area contributed by atoms with E-state index in [4.69, 9.17) is 5.26 Å². The number of hydrogen-bond acceptors (Lipinski definition) is 5. The van der Waals surface area contributed by atoms with Crippen LogP contribution in [0.5, 0.6) is 0 Å². The average Bonchev–Trinajstić information content (AvgIpc) is 3.55. The van der Waals surface area contributed by atoms with E-state index in [1.807, 2.05) is 12.1 Å². The van der Waals surface area contributed by atoms with Gasteiger partial charge in [0.15, 0.2) is 5.82 Å². The highest BCUT2D eigenvalue weighted by molar-refractivity contribution is 5.62. The highest BCUT2D eigenvalue weighted by Gasteiger charge is 2.25. The number of hydrogen-bond donors (Lipinski definition) is 2. The molecule has 0 unspecified atom stereocenters. The van der Waals surface area contributed by atoms with Crippen LogP contribution in [0.2, 0.25) is 0 Å². The lowest BCUT2D eigenvalue weighted by atomic mass is 10.1. The molecule has 1 saturated heterocycles. The Bertz CT molecular complexity index is 1290. The Morgan fingerprint density at radius 1 is 1.15 bits per heavy atom. The van der Waals surface area contributed by atoms with Crippen LogP contribution >= 0.6 is 0 Å². The van der Waals surface area contributed by atoms with Crippen LogP contribution in [0, 0.1) is 28.9 Å². The first-order valence-corrected chi connectivity index (χ1v) is 11.1. The molecule has 8 heteroatoms. The highest BCUT2D eigenvalue weighted by Crippen LogP contribution is 2.40. The number of aromatic nitrogens is 2. The van der Waals surface area contributed by atoms with Gasteiger partial charge in [0.2, 0.25) is 5.82 Å². The smallest absolute Gasteiger partial charge is 0.296 e. The molecule has 0 radical (unpaired) electrons. The van der Waals surface area contributed by atoms with Gasteiger partial charge in [-0.15, -0.1) is 0 Å². The third kappa shape index (κ3) is 4.24. The SMILES string of the molecule is N#Cc1ccc(-c2nc(NC[C@@H]3CCNC3)c(F)c(=O)n2-c2ccc(C3CC3)cc2)cc1F. The van der Waals surface area contributed by atoms with Crippen molar-refractivity contribution in [2.45, 2.75) is 25.2 Å². The zero-order chi connectivity index (χ0) is 22.9. The van der Waals surface area contributed by atoms with Crippen molar-refractivity contribution in [2.24, 2.45) is 5.92 Å². The molecule has 0 amide bonds. The largest absolute Gasteiger partial charge is 0.367 e. The van der Waals surface area contributed by atoms with Crippen LogP contribution in [0.1, 0.15) is 36.3 Å². The first-order valence-electron chi connectivity index (χ1n) is 11.1. The van der Waals surface area contributed by atoms with Crippen LogP contribution in [0.4, 0.5) is 14.6 Å². The van der Waals surface area contributed by atoms with Crippen LogP contribution in [0.25, 0.3) is 17.1 Å². The summed E-state index contributed by atoms with van der Waals surface area (Å²) in [5, 5.41) is 15.3. The number of nitrogens with zero attached hydrogens (tertiary/aromatic N) is 3. The average molecular weight is 447 g/mol. The molecular formula is C25H23F2N5O. The fourth-order valence-electron chi connectivity index (χ4n) is 4.24. The molecule has 2 aromatic carbocycles. The Morgan fingerprint density at radius 3 is 2.58 bits per heavy atom. The van der Waals surface area contributed by atoms with Gasteiger partial charge in [0.05, 0.1) is 11.3 Å². The molecule has 2 N–H and O–H groups in total. The van der Waals surface area contributed by atoms with E-state index in [0.717, 1.165) is 43.0 Å². The molecule has 5 rings (SSSR count). The predicted molar refractivity (Wildman–Crippen MR) is 121 cm³/mol. The van der Waals surface area contributed by atoms with Crippen LogP contribution < -0.4 is 16.2 Å². The first kappa shape index (κ1) is 21.3. The van der Waals surface area contributed by atoms with Crippen molar-refractivity contribution in [3.63, 3.8) is 0 Å². The summed E-state index contributed by atoms with van der Waals surface area (Å²) in [5.41, 5.74) is 0.920. The molecular weight excluding hydrogens is 424 g/mol. The minimum absolute atomic E-state index is 0.107. The third-order valence-corrected chi connectivity index (χ3v) is 6.30. The molecule has 1 saturated carbocycles. The summed E-state index contributed by atoms with van der Waals surface area (Å²) in [7, 11) is 0. The lowest BCUT2D eigenvalue weighted by Crippen LogP contribution is -2.28. The van der Waals surface area contributed by atoms with Gasteiger partial charge in [0, 0.05) is 12.1 Å². The first-order chi connectivity index (χ1) is 16.0. The van der Waals surface area contributed by atoms with Gasteiger partial charge in [0.1, 0.15) is 17.7 Å². The third-order valence-electron chi connectivity index (χ3n) is 6.30. The molecule has 3 aromatic rings. The van der Waals surface area contributed by atoms with Gasteiger partial charge in [-0.2, -0.15) is 9.65 Å². The van der Waals surface area contributed by atoms with Crippen molar-refractivity contribution in [1.29, 1.82) is 5.26 Å². The van der Waals surface area contributed by atoms with Gasteiger partial charge in [-0.25, -0.2) is 9.37 Å². The summed E-state index contributed by atoms with van der Waals surface area (Å²) in [6.07, 6.45) is 3.23. The van der Waals surface area contributed by atoms with E-state index >= 15 is 4.39 Å². The number of nitriles is 1. The Morgan fingerprint density at radius 2 is 1.94 bits per heavy atom. The van der Waals surface area contributed by atoms with E-state index < -0.39 is 17.2 Å². The van der Waals surface area contributed by atoms with E-state index in [1.54, 1.807) is 18.2 Å². The zero-order valence-electron chi connectivity index (χ0n) is 17.9. The molecule has 1 aromatic heterocycles. The minimum atomic E-state index is -0.981. The molecule has 168 valence electrons. The van der Waals surface area contributed by atoms with E-state index in [2.05, 4.69) is 15.6 Å². The van der Waals surface area contributed by atoms with Gasteiger partial charge >= 0.3 is 0 Å². The van der Waals surface area contributed by atoms with E-state index in [9.17, 15) is 9.18 Å². The van der Waals surface area contributed by atoms with Crippen molar-refractivity contribution in [2.75, 3.05) is 25.0 Å². The summed E-state index contributed by atoms with van der Waals surface area (Å²) < 4.78 is 30.7. The topological polar surface area (TPSA) is 82.7 Å². The molecule has 1 aliphatic heterocycles. The van der Waals surface area contributed by atoms with Crippen LogP contribution in [0.3, 0.4) is 0 Å². The monoisotopic (exact) mass is 447 g/mol. The quantitative estimate of drug-likeness (QED) is 0.598. The maximum Gasteiger partial charge on any atom is 0.296 e. The molecule has 33 heavy (non-hydrogen) atoms. The molecule has 0 spiro atoms. The van der Waals surface area contributed by atoms with Crippen molar-refractivity contribution >= 4 is 5.82 Å². The Balaban J connectivity index is 1.61. The minimum Gasteiger partial charge on any atom is -0.367 e. The number of nitrogens with one attached hydrogen (secondary N) is 2. The summed E-state index contributed by atoms with van der Waals surface area (Å²) in [5.74, 6) is -0.914. The summed E-state index contributed by atoms with van der Waals surface area (Å²) in [6, 6.07) is 13.2. The van der Waals surface area contributed by atoms with E-state index in [0.29, 0.717) is 24.1 Å². The number of anilines is 1. The molecule has 0 bridgehead atoms. The molecule has 2 heterocycles. The van der Waals surface area contributed by atoms with Crippen LogP contribution in [-0.2, 0) is 0 Å². The van der Waals surface area contributed by atoms with Gasteiger partial charge in [-0.3, -0.25) is 9.36 Å². The molecule has 6 nitrogen and oxygen atoms in total. The number of benzene rings is 2. The molecule has 1 atom stereocenters. The lowest BCUT2D eigenvalue weighted by Gasteiger charge is -2.17. The second kappa shape index (κ2) is 8.75. The molecule has 1 aliphatic carbocycles. The Hall–Kier alpha value is -3.57. The summed E-state index contributed by atoms with van der Waals surface area (Å²) in [6.45, 7) is 2.18. The summed E-state index contributed by atoms with van der Waals surface area (Å²) >= 11 is 0. The predicted octanol–water partition coefficient (Wildman–Crippen LogP) is 3.95. The van der Waals surface area contributed by atoms with Gasteiger partial charge < -0.3 is 10.6 Å². The maximum absolute atomic E-state index is 15.1. The second-order valence-corrected chi connectivity index (χ2v) is 8.65. The standard InChI is InChI=1S/C25H23F2N5O/c26-21-11-18(3-4-19(21)12-28)24-31-23(30-14-15-9-10-29-13-15)22(27)25(33)32(24)20-7-5-17(6-8-20)16-1-2-16/h3-8,11,15-16,29-30H,1-2,9-10,13-14H2/t15-/m1/s1. The van der Waals surface area contributed by atoms with Crippen molar-refractivity contribution < 1.29 is 8.78 Å². The van der Waals surface area contributed by atoms with Crippen molar-refractivity contribution in [3.05, 3.63) is 75.6 Å². The fraction of sp³-hybridized carbons (Fsp3) is 0.320. The summed E-state index contributed by atoms with van der Waals surface area (Å²) in [4.78, 5) is 17.6. The van der Waals surface area contributed by atoms with Crippen LogP contribution in [0.15, 0.2) is 47.3 Å². The normalized spacial score (nSPS) is 17.7. The van der Waals surface area contributed by atoms with Crippen molar-refractivity contribution in [1.82, 2.24) is 14.9 Å². The van der Waals surface area contributed by atoms with Gasteiger partial charge in [-0.1, -0.05) is 12.1 Å². The molecule has 2 aliphatic rings. The van der Waals surface area contributed by atoms with Gasteiger partial charge in [-0.05, 0) is 80.1 Å². The van der Waals surface area contributed by atoms with Crippen LogP contribution in [-0.4, -0.2) is 29.2 Å². The molecule has 2 fully saturated rings. The lowest BCUT2D eigenvalue weighted by molar-refractivity contribution is 0.580. The number of halogens is 2. The van der Waals surface area contributed by atoms with Crippen molar-refractivity contribution in [3.8, 4) is 23.1 Å². The maximum atomic E-state index is 15.1. The van der Waals surface area contributed by atoms with E-state index in [1.165, 1.54) is 17.7 Å².